The van der Waals surface area contributed by atoms with Crippen molar-refractivity contribution >= 4 is 34.4 Å². The molecule has 2 atom stereocenters. The monoisotopic (exact) mass is 601 g/mol. The fraction of sp³-hybridized carbons (Fsp3) is 0.206. The summed E-state index contributed by atoms with van der Waals surface area (Å²) in [6.07, 6.45) is 1.47. The Morgan fingerprint density at radius 3 is 2.26 bits per heavy atom. The highest BCUT2D eigenvalue weighted by atomic mass is 35.5. The molecule has 43 heavy (non-hydrogen) atoms. The maximum absolute atomic E-state index is 15.4. The standard InChI is InChI=1S/C34H30ClF2N3O3/c1-2-3-27(21-4-6-23(7-5-21)34(43)38-17-16-30(41)42)31(22-8-12-25(35)13-9-22)33-28-18-24(19-29(37)32(28)39-40-33)20-10-14-26(36)15-11-20/h4-15,18-19,27,31H,2-3,16-17H2,1H3,(H,38,43)(H,39,40)(H,41,42). The number of amides is 1. The van der Waals surface area contributed by atoms with Crippen LogP contribution in [0.25, 0.3) is 22.0 Å². The van der Waals surface area contributed by atoms with Crippen LogP contribution in [0.4, 0.5) is 8.78 Å². The highest BCUT2D eigenvalue weighted by molar-refractivity contribution is 6.30. The van der Waals surface area contributed by atoms with Crippen molar-refractivity contribution in [2.24, 2.45) is 0 Å². The molecule has 0 aliphatic carbocycles. The van der Waals surface area contributed by atoms with E-state index < -0.39 is 11.8 Å². The normalized spacial score (nSPS) is 12.7. The van der Waals surface area contributed by atoms with Crippen LogP contribution in [0, 0.1) is 11.6 Å². The van der Waals surface area contributed by atoms with Crippen LogP contribution < -0.4 is 5.32 Å². The van der Waals surface area contributed by atoms with E-state index in [4.69, 9.17) is 16.7 Å². The van der Waals surface area contributed by atoms with E-state index in [0.717, 1.165) is 29.7 Å². The van der Waals surface area contributed by atoms with Gasteiger partial charge in [-0.1, -0.05) is 61.3 Å². The lowest BCUT2D eigenvalue weighted by molar-refractivity contribution is -0.136. The van der Waals surface area contributed by atoms with Crippen LogP contribution in [-0.2, 0) is 4.79 Å². The average Bonchev–Trinajstić information content (AvgIpc) is 3.42. The smallest absolute Gasteiger partial charge is 0.305 e. The van der Waals surface area contributed by atoms with Gasteiger partial charge in [-0.2, -0.15) is 5.10 Å². The van der Waals surface area contributed by atoms with Gasteiger partial charge >= 0.3 is 5.97 Å². The number of carbonyl (C=O) groups excluding carboxylic acids is 1. The number of carbonyl (C=O) groups is 2. The summed E-state index contributed by atoms with van der Waals surface area (Å²) in [4.78, 5) is 23.4. The number of hydrogen-bond acceptors (Lipinski definition) is 3. The van der Waals surface area contributed by atoms with Crippen LogP contribution in [0.5, 0.6) is 0 Å². The van der Waals surface area contributed by atoms with E-state index in [-0.39, 0.29) is 42.0 Å². The SMILES string of the molecule is CCCC(c1ccc(C(=O)NCCC(=O)O)cc1)C(c1ccc(Cl)cc1)c1[nH]nc2c(F)cc(-c3ccc(F)cc3)cc12. The Morgan fingerprint density at radius 2 is 1.60 bits per heavy atom. The summed E-state index contributed by atoms with van der Waals surface area (Å²) in [5, 5.41) is 20.2. The van der Waals surface area contributed by atoms with Crippen LogP contribution in [0.3, 0.4) is 0 Å². The topological polar surface area (TPSA) is 95.1 Å². The van der Waals surface area contributed by atoms with Crippen LogP contribution >= 0.6 is 11.6 Å². The molecule has 3 N–H and O–H groups in total. The number of H-pyrrole nitrogens is 1. The molecule has 1 heterocycles. The summed E-state index contributed by atoms with van der Waals surface area (Å²) in [7, 11) is 0. The molecule has 0 aliphatic rings. The Kier molecular flexibility index (Phi) is 9.16. The minimum Gasteiger partial charge on any atom is -0.481 e. The van der Waals surface area contributed by atoms with E-state index in [1.807, 2.05) is 42.5 Å². The zero-order chi connectivity index (χ0) is 30.5. The summed E-state index contributed by atoms with van der Waals surface area (Å²) in [6.45, 7) is 2.13. The summed E-state index contributed by atoms with van der Waals surface area (Å²) in [5.74, 6) is -2.56. The highest BCUT2D eigenvalue weighted by Crippen LogP contribution is 2.44. The number of nitrogens with one attached hydrogen (secondary N) is 2. The number of carboxylic acid groups (broad SMARTS) is 1. The third-order valence-corrected chi connectivity index (χ3v) is 7.84. The van der Waals surface area contributed by atoms with Gasteiger partial charge in [-0.3, -0.25) is 14.7 Å². The number of aliphatic carboxylic acids is 1. The van der Waals surface area contributed by atoms with E-state index >= 15 is 4.39 Å². The predicted octanol–water partition coefficient (Wildman–Crippen LogP) is 8.08. The fourth-order valence-corrected chi connectivity index (χ4v) is 5.64. The maximum Gasteiger partial charge on any atom is 0.305 e. The second-order valence-corrected chi connectivity index (χ2v) is 10.9. The van der Waals surface area contributed by atoms with Crippen LogP contribution in [-0.4, -0.2) is 33.7 Å². The van der Waals surface area contributed by atoms with Crippen molar-refractivity contribution in [1.29, 1.82) is 0 Å². The first-order valence-corrected chi connectivity index (χ1v) is 14.4. The molecule has 220 valence electrons. The number of nitrogens with zero attached hydrogens (tertiary/aromatic N) is 1. The summed E-state index contributed by atoms with van der Waals surface area (Å²) < 4.78 is 29.0. The minimum absolute atomic E-state index is 0.0381. The van der Waals surface area contributed by atoms with Crippen molar-refractivity contribution in [2.75, 3.05) is 6.54 Å². The van der Waals surface area contributed by atoms with Crippen LogP contribution in [0.2, 0.25) is 5.02 Å². The molecular weight excluding hydrogens is 572 g/mol. The quantitative estimate of drug-likeness (QED) is 0.143. The Labute approximate surface area is 252 Å². The molecular formula is C34H30ClF2N3O3. The highest BCUT2D eigenvalue weighted by Gasteiger charge is 2.30. The van der Waals surface area contributed by atoms with Gasteiger partial charge in [-0.05, 0) is 83.1 Å². The Morgan fingerprint density at radius 1 is 0.930 bits per heavy atom. The van der Waals surface area contributed by atoms with Gasteiger partial charge < -0.3 is 10.4 Å². The van der Waals surface area contributed by atoms with Gasteiger partial charge in [0.15, 0.2) is 5.82 Å². The van der Waals surface area contributed by atoms with Crippen molar-refractivity contribution in [2.45, 2.75) is 38.0 Å². The number of aromatic nitrogens is 2. The lowest BCUT2D eigenvalue weighted by Gasteiger charge is -2.28. The van der Waals surface area contributed by atoms with Crippen molar-refractivity contribution in [3.8, 4) is 11.1 Å². The molecule has 0 radical (unpaired) electrons. The largest absolute Gasteiger partial charge is 0.481 e. The molecule has 1 amide bonds. The zero-order valence-corrected chi connectivity index (χ0v) is 24.2. The molecule has 6 nitrogen and oxygen atoms in total. The molecule has 5 aromatic rings. The molecule has 0 bridgehead atoms. The van der Waals surface area contributed by atoms with E-state index in [1.54, 1.807) is 24.3 Å². The third-order valence-electron chi connectivity index (χ3n) is 7.59. The van der Waals surface area contributed by atoms with Crippen LogP contribution in [0.1, 0.15) is 65.2 Å². The molecule has 0 aliphatic heterocycles. The molecule has 1 aromatic heterocycles. The number of benzene rings is 4. The molecule has 0 saturated heterocycles. The summed E-state index contributed by atoms with van der Waals surface area (Å²) in [5.41, 5.74) is 4.58. The molecule has 0 saturated carbocycles. The van der Waals surface area contributed by atoms with Gasteiger partial charge in [-0.15, -0.1) is 0 Å². The van der Waals surface area contributed by atoms with E-state index in [1.165, 1.54) is 18.2 Å². The van der Waals surface area contributed by atoms with Crippen LogP contribution in [0.15, 0.2) is 84.9 Å². The molecule has 0 fully saturated rings. The van der Waals surface area contributed by atoms with Gasteiger partial charge in [0.05, 0.1) is 12.1 Å². The number of aromatic amines is 1. The molecule has 0 spiro atoms. The maximum atomic E-state index is 15.4. The van der Waals surface area contributed by atoms with E-state index in [9.17, 15) is 14.0 Å². The lowest BCUT2D eigenvalue weighted by Crippen LogP contribution is -2.26. The van der Waals surface area contributed by atoms with Gasteiger partial charge in [0.25, 0.3) is 5.91 Å². The summed E-state index contributed by atoms with van der Waals surface area (Å²) >= 11 is 6.25. The number of rotatable bonds is 11. The molecule has 2 unspecified atom stereocenters. The van der Waals surface area contributed by atoms with Gasteiger partial charge in [0, 0.05) is 28.4 Å². The zero-order valence-electron chi connectivity index (χ0n) is 23.4. The molecule has 4 aromatic carbocycles. The third kappa shape index (κ3) is 6.75. The van der Waals surface area contributed by atoms with Crippen molar-refractivity contribution in [3.05, 3.63) is 124 Å². The molecule has 5 rings (SSSR count). The first-order chi connectivity index (χ1) is 20.7. The van der Waals surface area contributed by atoms with Crippen molar-refractivity contribution in [1.82, 2.24) is 15.5 Å². The number of halogens is 3. The van der Waals surface area contributed by atoms with E-state index in [0.29, 0.717) is 27.1 Å². The Bertz CT molecular complexity index is 1740. The second kappa shape index (κ2) is 13.2. The predicted molar refractivity (Wildman–Crippen MR) is 163 cm³/mol. The second-order valence-electron chi connectivity index (χ2n) is 10.4. The first-order valence-electron chi connectivity index (χ1n) is 14.0. The van der Waals surface area contributed by atoms with Crippen molar-refractivity contribution < 1.29 is 23.5 Å². The first kappa shape index (κ1) is 29.9. The average molecular weight is 602 g/mol. The number of fused-ring (bicyclic) bond motifs is 1. The lowest BCUT2D eigenvalue weighted by atomic mass is 9.76. The van der Waals surface area contributed by atoms with Gasteiger partial charge in [-0.25, -0.2) is 8.78 Å². The Balaban J connectivity index is 1.59. The van der Waals surface area contributed by atoms with Crippen molar-refractivity contribution in [3.63, 3.8) is 0 Å². The van der Waals surface area contributed by atoms with E-state index in [2.05, 4.69) is 22.4 Å². The fourth-order valence-electron chi connectivity index (χ4n) is 5.51. The minimum atomic E-state index is -0.984. The number of carboxylic acids is 1. The van der Waals surface area contributed by atoms with Gasteiger partial charge in [0.2, 0.25) is 0 Å². The molecule has 9 heteroatoms. The Hall–Kier alpha value is -4.56. The summed E-state index contributed by atoms with van der Waals surface area (Å²) in [6, 6.07) is 24.0. The number of hydrogen-bond donors (Lipinski definition) is 3. The van der Waals surface area contributed by atoms with Gasteiger partial charge in [0.1, 0.15) is 11.3 Å².